The van der Waals surface area contributed by atoms with Gasteiger partial charge in [-0.3, -0.25) is 9.59 Å². The number of carbonyl (C=O) groups is 2. The summed E-state index contributed by atoms with van der Waals surface area (Å²) in [5.41, 5.74) is 1.84. The molecule has 1 N–H and O–H groups in total. The highest BCUT2D eigenvalue weighted by molar-refractivity contribution is 7.17. The fourth-order valence-electron chi connectivity index (χ4n) is 3.22. The molecule has 2 aromatic rings. The molecule has 1 aliphatic carbocycles. The van der Waals surface area contributed by atoms with Crippen molar-refractivity contribution >= 4 is 39.5 Å². The molecule has 0 radical (unpaired) electrons. The third-order valence-corrected chi connectivity index (χ3v) is 6.48. The average molecular weight is 362 g/mol. The van der Waals surface area contributed by atoms with Gasteiger partial charge in [-0.1, -0.05) is 6.07 Å². The van der Waals surface area contributed by atoms with Crippen LogP contribution in [0.1, 0.15) is 36.9 Å². The van der Waals surface area contributed by atoms with Crippen LogP contribution in [0.4, 0.5) is 5.00 Å². The number of hydrogen-bond donors (Lipinski definition) is 1. The second-order valence-corrected chi connectivity index (χ2v) is 7.95. The molecule has 5 nitrogen and oxygen atoms in total. The van der Waals surface area contributed by atoms with Gasteiger partial charge in [-0.25, -0.2) is 0 Å². The van der Waals surface area contributed by atoms with Gasteiger partial charge in [0.1, 0.15) is 5.00 Å². The zero-order chi connectivity index (χ0) is 16.5. The fraction of sp³-hybridized carbons (Fsp3) is 0.412. The van der Waals surface area contributed by atoms with Crippen LogP contribution >= 0.6 is 22.7 Å². The van der Waals surface area contributed by atoms with Gasteiger partial charge in [0.25, 0.3) is 11.8 Å². The van der Waals surface area contributed by atoms with Crippen molar-refractivity contribution in [2.45, 2.75) is 19.3 Å². The predicted molar refractivity (Wildman–Crippen MR) is 95.3 cm³/mol. The highest BCUT2D eigenvalue weighted by Gasteiger charge is 2.30. The molecule has 4 rings (SSSR count). The summed E-state index contributed by atoms with van der Waals surface area (Å²) in [6.45, 7) is 2.38. The van der Waals surface area contributed by atoms with E-state index in [1.807, 2.05) is 16.3 Å². The second-order valence-electron chi connectivity index (χ2n) is 5.90. The Labute approximate surface area is 148 Å². The minimum atomic E-state index is -0.138. The van der Waals surface area contributed by atoms with E-state index in [2.05, 4.69) is 5.32 Å². The van der Waals surface area contributed by atoms with Crippen molar-refractivity contribution in [2.24, 2.45) is 0 Å². The van der Waals surface area contributed by atoms with Gasteiger partial charge in [-0.05, 0) is 36.3 Å². The van der Waals surface area contributed by atoms with Crippen LogP contribution in [0.25, 0.3) is 0 Å². The number of thiophene rings is 2. The van der Waals surface area contributed by atoms with Gasteiger partial charge in [-0.2, -0.15) is 0 Å². The molecule has 2 aliphatic rings. The number of amides is 2. The lowest BCUT2D eigenvalue weighted by Crippen LogP contribution is -2.41. The maximum atomic E-state index is 13.0. The first kappa shape index (κ1) is 15.8. The molecule has 3 heterocycles. The fourth-order valence-corrected chi connectivity index (χ4v) is 5.11. The zero-order valence-electron chi connectivity index (χ0n) is 13.2. The Balaban J connectivity index is 1.64. The molecule has 0 bridgehead atoms. The Bertz CT molecular complexity index is 761. The number of rotatable bonds is 3. The van der Waals surface area contributed by atoms with E-state index in [1.54, 1.807) is 17.4 Å². The van der Waals surface area contributed by atoms with Gasteiger partial charge >= 0.3 is 0 Å². The van der Waals surface area contributed by atoms with Crippen molar-refractivity contribution < 1.29 is 14.3 Å². The molecule has 1 aliphatic heterocycles. The van der Waals surface area contributed by atoms with Gasteiger partial charge < -0.3 is 15.0 Å². The minimum absolute atomic E-state index is 0.0270. The topological polar surface area (TPSA) is 58.6 Å². The lowest BCUT2D eigenvalue weighted by Gasteiger charge is -2.27. The molecule has 0 spiro atoms. The molecule has 1 saturated heterocycles. The maximum absolute atomic E-state index is 13.0. The summed E-state index contributed by atoms with van der Waals surface area (Å²) in [7, 11) is 0. The molecule has 1 fully saturated rings. The van der Waals surface area contributed by atoms with Gasteiger partial charge in [-0.15, -0.1) is 22.7 Å². The number of morpholine rings is 1. The Hall–Kier alpha value is -1.70. The standard InChI is InChI=1S/C17H18N2O3S2/c20-15(13-5-2-10-23-13)18-16-14(11-3-1-4-12(11)24-16)17(21)19-6-8-22-9-7-19/h2,5,10H,1,3-4,6-9H2,(H,18,20). The lowest BCUT2D eigenvalue weighted by molar-refractivity contribution is 0.0303. The van der Waals surface area contributed by atoms with Gasteiger partial charge in [0.05, 0.1) is 23.7 Å². The molecule has 2 aromatic heterocycles. The first-order chi connectivity index (χ1) is 11.7. The van der Waals surface area contributed by atoms with Crippen molar-refractivity contribution in [1.29, 1.82) is 0 Å². The third kappa shape index (κ3) is 2.87. The smallest absolute Gasteiger partial charge is 0.266 e. The summed E-state index contributed by atoms with van der Waals surface area (Å²) in [6.07, 6.45) is 3.01. The van der Waals surface area contributed by atoms with Gasteiger partial charge in [0.2, 0.25) is 0 Å². The van der Waals surface area contributed by atoms with Crippen molar-refractivity contribution in [1.82, 2.24) is 4.90 Å². The Morgan fingerprint density at radius 2 is 2.04 bits per heavy atom. The molecule has 126 valence electrons. The maximum Gasteiger partial charge on any atom is 0.266 e. The van der Waals surface area contributed by atoms with Gasteiger partial charge in [0.15, 0.2) is 0 Å². The first-order valence-corrected chi connectivity index (χ1v) is 9.80. The number of aryl methyl sites for hydroxylation is 1. The number of anilines is 1. The normalized spacial score (nSPS) is 16.9. The van der Waals surface area contributed by atoms with E-state index >= 15 is 0 Å². The monoisotopic (exact) mass is 362 g/mol. The molecule has 0 saturated carbocycles. The molecule has 0 unspecified atom stereocenters. The van der Waals surface area contributed by atoms with Crippen LogP contribution in [-0.2, 0) is 17.6 Å². The largest absolute Gasteiger partial charge is 0.378 e. The summed E-state index contributed by atoms with van der Waals surface area (Å²) < 4.78 is 5.34. The number of fused-ring (bicyclic) bond motifs is 1. The predicted octanol–water partition coefficient (Wildman–Crippen LogP) is 3.02. The van der Waals surface area contributed by atoms with Crippen LogP contribution in [0.2, 0.25) is 0 Å². The quantitative estimate of drug-likeness (QED) is 0.913. The van der Waals surface area contributed by atoms with Crippen LogP contribution in [0.15, 0.2) is 17.5 Å². The number of carbonyl (C=O) groups excluding carboxylic acids is 2. The van der Waals surface area contributed by atoms with Crippen LogP contribution in [0, 0.1) is 0 Å². The minimum Gasteiger partial charge on any atom is -0.378 e. The SMILES string of the molecule is O=C(Nc1sc2c(c1C(=O)N1CCOCC1)CCC2)c1cccs1. The summed E-state index contributed by atoms with van der Waals surface area (Å²) in [5.74, 6) is -0.111. The molecule has 0 atom stereocenters. The Morgan fingerprint density at radius 3 is 2.79 bits per heavy atom. The van der Waals surface area contributed by atoms with E-state index in [1.165, 1.54) is 16.2 Å². The summed E-state index contributed by atoms with van der Waals surface area (Å²) in [4.78, 5) is 29.2. The Morgan fingerprint density at radius 1 is 1.21 bits per heavy atom. The second kappa shape index (κ2) is 6.66. The molecule has 2 amide bonds. The Kier molecular flexibility index (Phi) is 4.39. The van der Waals surface area contributed by atoms with E-state index in [-0.39, 0.29) is 11.8 Å². The van der Waals surface area contributed by atoms with E-state index in [0.717, 1.165) is 24.8 Å². The van der Waals surface area contributed by atoms with Crippen LogP contribution in [0.5, 0.6) is 0 Å². The van der Waals surface area contributed by atoms with Crippen LogP contribution in [0.3, 0.4) is 0 Å². The average Bonchev–Trinajstić information content (AvgIpc) is 3.32. The number of nitrogens with one attached hydrogen (secondary N) is 1. The third-order valence-electron chi connectivity index (χ3n) is 4.41. The first-order valence-electron chi connectivity index (χ1n) is 8.10. The number of ether oxygens (including phenoxy) is 1. The van der Waals surface area contributed by atoms with E-state index in [4.69, 9.17) is 4.74 Å². The molecular weight excluding hydrogens is 344 g/mol. The van der Waals surface area contributed by atoms with Crippen molar-refractivity contribution in [3.05, 3.63) is 38.4 Å². The molecular formula is C17H18N2O3S2. The van der Waals surface area contributed by atoms with E-state index < -0.39 is 0 Å². The van der Waals surface area contributed by atoms with Crippen molar-refractivity contribution in [2.75, 3.05) is 31.6 Å². The lowest BCUT2D eigenvalue weighted by atomic mass is 10.1. The highest BCUT2D eigenvalue weighted by atomic mass is 32.1. The number of hydrogen-bond acceptors (Lipinski definition) is 5. The molecule has 24 heavy (non-hydrogen) atoms. The molecule has 7 heteroatoms. The molecule has 0 aromatic carbocycles. The van der Waals surface area contributed by atoms with Gasteiger partial charge in [0, 0.05) is 18.0 Å². The number of nitrogens with zero attached hydrogens (tertiary/aromatic N) is 1. The van der Waals surface area contributed by atoms with Crippen molar-refractivity contribution in [3.8, 4) is 0 Å². The van der Waals surface area contributed by atoms with E-state index in [0.29, 0.717) is 41.7 Å². The van der Waals surface area contributed by atoms with Crippen LogP contribution < -0.4 is 5.32 Å². The van der Waals surface area contributed by atoms with Crippen LogP contribution in [-0.4, -0.2) is 43.0 Å². The summed E-state index contributed by atoms with van der Waals surface area (Å²) >= 11 is 2.96. The van der Waals surface area contributed by atoms with Crippen molar-refractivity contribution in [3.63, 3.8) is 0 Å². The van der Waals surface area contributed by atoms with E-state index in [9.17, 15) is 9.59 Å². The highest BCUT2D eigenvalue weighted by Crippen LogP contribution is 2.40. The summed E-state index contributed by atoms with van der Waals surface area (Å²) in [5, 5.41) is 5.56. The summed E-state index contributed by atoms with van der Waals surface area (Å²) in [6, 6.07) is 3.65. The zero-order valence-corrected chi connectivity index (χ0v) is 14.8.